The van der Waals surface area contributed by atoms with E-state index in [1.165, 1.54) is 51.0 Å². The van der Waals surface area contributed by atoms with Gasteiger partial charge in [0, 0.05) is 14.1 Å². The highest BCUT2D eigenvalue weighted by molar-refractivity contribution is 7.92. The normalized spacial score (nSPS) is 12.2. The number of likely N-dealkylation sites (N-methyl/N-ethyl adjacent to an activating group) is 1. The number of ether oxygens (including phenoxy) is 1. The minimum Gasteiger partial charge on any atom is -0.449 e. The summed E-state index contributed by atoms with van der Waals surface area (Å²) in [6.45, 7) is 2.89. The van der Waals surface area contributed by atoms with Gasteiger partial charge < -0.3 is 9.64 Å². The Balaban J connectivity index is 2.31. The number of hydrogen-bond donors (Lipinski definition) is 1. The lowest BCUT2D eigenvalue weighted by Crippen LogP contribution is -2.35. The van der Waals surface area contributed by atoms with Crippen molar-refractivity contribution in [2.45, 2.75) is 24.8 Å². The van der Waals surface area contributed by atoms with Crippen LogP contribution in [0.4, 0.5) is 10.1 Å². The number of nitrogens with one attached hydrogen (secondary N) is 1. The minimum absolute atomic E-state index is 0.0132. The number of esters is 1. The first kappa shape index (κ1) is 21.4. The molecule has 0 unspecified atom stereocenters. The van der Waals surface area contributed by atoms with Crippen molar-refractivity contribution in [1.29, 1.82) is 0 Å². The largest absolute Gasteiger partial charge is 0.449 e. The average Bonchev–Trinajstić information content (AvgIpc) is 2.60. The van der Waals surface area contributed by atoms with E-state index in [2.05, 4.69) is 4.72 Å². The fourth-order valence-electron chi connectivity index (χ4n) is 2.50. The molecule has 0 heterocycles. The van der Waals surface area contributed by atoms with Gasteiger partial charge in [-0.15, -0.1) is 0 Å². The van der Waals surface area contributed by atoms with Crippen LogP contribution >= 0.6 is 0 Å². The Bertz CT molecular complexity index is 1010. The van der Waals surface area contributed by atoms with Gasteiger partial charge in [0.25, 0.3) is 15.9 Å². The first-order chi connectivity index (χ1) is 13.0. The second-order valence-electron chi connectivity index (χ2n) is 6.34. The van der Waals surface area contributed by atoms with Crippen LogP contribution in [0.2, 0.25) is 0 Å². The number of hydrogen-bond acceptors (Lipinski definition) is 5. The maximum atomic E-state index is 13.3. The fraction of sp³-hybridized carbons (Fsp3) is 0.263. The van der Waals surface area contributed by atoms with Crippen LogP contribution in [-0.4, -0.2) is 45.4 Å². The van der Waals surface area contributed by atoms with Crippen LogP contribution < -0.4 is 4.72 Å². The van der Waals surface area contributed by atoms with E-state index in [4.69, 9.17) is 4.74 Å². The number of para-hydroxylation sites is 1. The van der Waals surface area contributed by atoms with Crippen molar-refractivity contribution in [2.75, 3.05) is 18.8 Å². The van der Waals surface area contributed by atoms with Gasteiger partial charge in [-0.05, 0) is 49.7 Å². The zero-order valence-corrected chi connectivity index (χ0v) is 16.7. The summed E-state index contributed by atoms with van der Waals surface area (Å²) in [4.78, 5) is 25.5. The number of amides is 1. The van der Waals surface area contributed by atoms with Gasteiger partial charge in [-0.3, -0.25) is 9.52 Å². The summed E-state index contributed by atoms with van der Waals surface area (Å²) >= 11 is 0. The molecule has 0 aliphatic rings. The number of halogens is 1. The molecule has 0 fully saturated rings. The van der Waals surface area contributed by atoms with Crippen LogP contribution in [0.1, 0.15) is 22.8 Å². The molecule has 0 aliphatic heterocycles. The Morgan fingerprint density at radius 1 is 1.14 bits per heavy atom. The van der Waals surface area contributed by atoms with Crippen LogP contribution in [0.5, 0.6) is 0 Å². The third-order valence-corrected chi connectivity index (χ3v) is 5.42. The van der Waals surface area contributed by atoms with E-state index < -0.39 is 33.8 Å². The third-order valence-electron chi connectivity index (χ3n) is 3.89. The highest BCUT2D eigenvalue weighted by Gasteiger charge is 2.24. The highest BCUT2D eigenvalue weighted by Crippen LogP contribution is 2.23. The molecule has 9 heteroatoms. The van der Waals surface area contributed by atoms with Crippen LogP contribution in [0.25, 0.3) is 0 Å². The number of rotatable bonds is 6. The summed E-state index contributed by atoms with van der Waals surface area (Å²) in [5, 5.41) is 0. The van der Waals surface area contributed by atoms with Gasteiger partial charge in [-0.2, -0.15) is 0 Å². The molecule has 0 bridgehead atoms. The molecule has 1 N–H and O–H groups in total. The molecule has 0 aromatic heterocycles. The number of aryl methyl sites for hydroxylation is 1. The van der Waals surface area contributed by atoms with Crippen molar-refractivity contribution in [3.63, 3.8) is 0 Å². The molecule has 2 aromatic carbocycles. The van der Waals surface area contributed by atoms with Crippen molar-refractivity contribution in [3.05, 3.63) is 59.4 Å². The lowest BCUT2D eigenvalue weighted by atomic mass is 10.2. The molecule has 1 amide bonds. The molecule has 2 aromatic rings. The molecular formula is C19H21FN2O5S. The van der Waals surface area contributed by atoms with Crippen molar-refractivity contribution in [2.24, 2.45) is 0 Å². The number of anilines is 1. The van der Waals surface area contributed by atoms with Gasteiger partial charge in [-0.25, -0.2) is 17.6 Å². The maximum Gasteiger partial charge on any atom is 0.341 e. The van der Waals surface area contributed by atoms with E-state index in [0.29, 0.717) is 0 Å². The SMILES string of the molecule is Cc1cc(F)ccc1S(=O)(=O)Nc1ccccc1C(=O)O[C@H](C)C(=O)N(C)C. The molecule has 1 atom stereocenters. The summed E-state index contributed by atoms with van der Waals surface area (Å²) in [6, 6.07) is 9.14. The molecule has 28 heavy (non-hydrogen) atoms. The topological polar surface area (TPSA) is 92.8 Å². The van der Waals surface area contributed by atoms with Gasteiger partial charge in [0.05, 0.1) is 16.1 Å². The number of nitrogens with zero attached hydrogens (tertiary/aromatic N) is 1. The van der Waals surface area contributed by atoms with Gasteiger partial charge in [0.1, 0.15) is 5.82 Å². The monoisotopic (exact) mass is 408 g/mol. The average molecular weight is 408 g/mol. The number of carbonyl (C=O) groups excluding carboxylic acids is 2. The Kier molecular flexibility index (Phi) is 6.40. The quantitative estimate of drug-likeness (QED) is 0.742. The van der Waals surface area contributed by atoms with E-state index in [1.54, 1.807) is 6.07 Å². The van der Waals surface area contributed by atoms with E-state index in [9.17, 15) is 22.4 Å². The summed E-state index contributed by atoms with van der Waals surface area (Å²) < 4.78 is 46.1. The molecule has 0 aliphatic carbocycles. The first-order valence-electron chi connectivity index (χ1n) is 8.33. The predicted octanol–water partition coefficient (Wildman–Crippen LogP) is 2.57. The van der Waals surface area contributed by atoms with E-state index in [0.717, 1.165) is 18.2 Å². The molecule has 0 spiro atoms. The smallest absolute Gasteiger partial charge is 0.341 e. The second kappa shape index (κ2) is 8.39. The Morgan fingerprint density at radius 3 is 2.39 bits per heavy atom. The van der Waals surface area contributed by atoms with Crippen molar-refractivity contribution >= 4 is 27.6 Å². The molecule has 0 radical (unpaired) electrons. The summed E-state index contributed by atoms with van der Waals surface area (Å²) in [5.41, 5.74) is 0.155. The lowest BCUT2D eigenvalue weighted by Gasteiger charge is -2.18. The molecular weight excluding hydrogens is 387 g/mol. The van der Waals surface area contributed by atoms with E-state index in [1.807, 2.05) is 0 Å². The van der Waals surface area contributed by atoms with Gasteiger partial charge in [0.2, 0.25) is 0 Å². The van der Waals surface area contributed by atoms with E-state index in [-0.39, 0.29) is 21.7 Å². The molecule has 7 nitrogen and oxygen atoms in total. The number of sulfonamides is 1. The Morgan fingerprint density at radius 2 is 1.79 bits per heavy atom. The van der Waals surface area contributed by atoms with Gasteiger partial charge >= 0.3 is 5.97 Å². The van der Waals surface area contributed by atoms with Crippen LogP contribution in [0.15, 0.2) is 47.4 Å². The highest BCUT2D eigenvalue weighted by atomic mass is 32.2. The van der Waals surface area contributed by atoms with Gasteiger partial charge in [0.15, 0.2) is 6.10 Å². The van der Waals surface area contributed by atoms with Crippen molar-refractivity contribution < 1.29 is 27.1 Å². The number of carbonyl (C=O) groups is 2. The van der Waals surface area contributed by atoms with Crippen LogP contribution in [0, 0.1) is 12.7 Å². The molecule has 0 saturated carbocycles. The first-order valence-corrected chi connectivity index (χ1v) is 9.81. The zero-order valence-electron chi connectivity index (χ0n) is 15.9. The molecule has 150 valence electrons. The number of benzene rings is 2. The minimum atomic E-state index is -4.07. The molecule has 0 saturated heterocycles. The maximum absolute atomic E-state index is 13.3. The van der Waals surface area contributed by atoms with E-state index >= 15 is 0 Å². The summed E-state index contributed by atoms with van der Waals surface area (Å²) in [7, 11) is -1.02. The summed E-state index contributed by atoms with van der Waals surface area (Å²) in [5.74, 6) is -1.81. The van der Waals surface area contributed by atoms with Crippen molar-refractivity contribution in [1.82, 2.24) is 4.90 Å². The Hall–Kier alpha value is -2.94. The third kappa shape index (κ3) is 4.86. The standard InChI is InChI=1S/C19H21FN2O5S/c1-12-11-14(20)9-10-17(12)28(25,26)21-16-8-6-5-7-15(16)19(24)27-13(2)18(23)22(3)4/h5-11,13,21H,1-4H3/t13-/m1/s1. The predicted molar refractivity (Wildman–Crippen MR) is 102 cm³/mol. The van der Waals surface area contributed by atoms with Crippen LogP contribution in [-0.2, 0) is 19.6 Å². The van der Waals surface area contributed by atoms with Gasteiger partial charge in [-0.1, -0.05) is 12.1 Å². The second-order valence-corrected chi connectivity index (χ2v) is 7.99. The lowest BCUT2D eigenvalue weighted by molar-refractivity contribution is -0.137. The molecule has 2 rings (SSSR count). The summed E-state index contributed by atoms with van der Waals surface area (Å²) in [6.07, 6.45) is -1.04. The van der Waals surface area contributed by atoms with Crippen LogP contribution in [0.3, 0.4) is 0 Å². The zero-order chi connectivity index (χ0) is 21.1. The van der Waals surface area contributed by atoms with Crippen molar-refractivity contribution in [3.8, 4) is 0 Å². The Labute approximate surface area is 163 Å². The fourth-order valence-corrected chi connectivity index (χ4v) is 3.81.